The molecular formula is C8H16Si. The molecule has 1 heteroatoms. The van der Waals surface area contributed by atoms with Crippen LogP contribution in [0.25, 0.3) is 0 Å². The van der Waals surface area contributed by atoms with Crippen LogP contribution < -0.4 is 0 Å². The van der Waals surface area contributed by atoms with Crippen LogP contribution in [0.1, 0.15) is 20.3 Å². The molecule has 0 spiro atoms. The monoisotopic (exact) mass is 140 g/mol. The van der Waals surface area contributed by atoms with Gasteiger partial charge in [-0.3, -0.25) is 0 Å². The lowest BCUT2D eigenvalue weighted by molar-refractivity contribution is 1.04. The van der Waals surface area contributed by atoms with Crippen molar-refractivity contribution >= 4 is 8.07 Å². The smallest absolute Gasteiger partial charge is 0.134 e. The van der Waals surface area contributed by atoms with Gasteiger partial charge in [0.1, 0.15) is 8.07 Å². The summed E-state index contributed by atoms with van der Waals surface area (Å²) in [6, 6.07) is 2.53. The van der Waals surface area contributed by atoms with E-state index in [9.17, 15) is 0 Å². The van der Waals surface area contributed by atoms with Crippen molar-refractivity contribution in [2.24, 2.45) is 0 Å². The lowest BCUT2D eigenvalue weighted by Crippen LogP contribution is -2.25. The second-order valence-electron chi connectivity index (χ2n) is 2.81. The quantitative estimate of drug-likeness (QED) is 0.417. The molecule has 1 unspecified atom stereocenters. The summed E-state index contributed by atoms with van der Waals surface area (Å²) in [5, 5.41) is 0. The van der Waals surface area contributed by atoms with Crippen molar-refractivity contribution in [1.29, 1.82) is 0 Å². The van der Waals surface area contributed by atoms with Gasteiger partial charge in [0.15, 0.2) is 0 Å². The molecule has 0 saturated heterocycles. The Labute approximate surface area is 59.7 Å². The van der Waals surface area contributed by atoms with Crippen LogP contribution in [0.5, 0.6) is 0 Å². The van der Waals surface area contributed by atoms with Gasteiger partial charge in [-0.25, -0.2) is 0 Å². The standard InChI is InChI=1S/C8H16Si/c1-5-8-9(4,6-2)7-3/h2H,5,7-8H2,1,3-4H3. The number of terminal acetylenes is 1. The van der Waals surface area contributed by atoms with Crippen LogP contribution in [0, 0.1) is 12.0 Å². The molecule has 0 aromatic heterocycles. The molecule has 1 atom stereocenters. The van der Waals surface area contributed by atoms with E-state index >= 15 is 0 Å². The van der Waals surface area contributed by atoms with E-state index in [1.807, 2.05) is 0 Å². The van der Waals surface area contributed by atoms with Crippen molar-refractivity contribution in [2.45, 2.75) is 38.9 Å². The molecule has 0 bridgehead atoms. The highest BCUT2D eigenvalue weighted by Gasteiger charge is 2.19. The Morgan fingerprint density at radius 1 is 1.44 bits per heavy atom. The normalized spacial score (nSPS) is 16.2. The first kappa shape index (κ1) is 8.78. The van der Waals surface area contributed by atoms with E-state index in [1.54, 1.807) is 0 Å². The molecule has 0 fully saturated rings. The van der Waals surface area contributed by atoms with Gasteiger partial charge in [-0.15, -0.1) is 12.0 Å². The van der Waals surface area contributed by atoms with Gasteiger partial charge in [0.2, 0.25) is 0 Å². The maximum Gasteiger partial charge on any atom is 0.134 e. The molecular weight excluding hydrogens is 124 g/mol. The summed E-state index contributed by atoms with van der Waals surface area (Å²) in [7, 11) is -1.17. The Bertz CT molecular complexity index is 112. The average molecular weight is 140 g/mol. The molecule has 0 rings (SSSR count). The van der Waals surface area contributed by atoms with Crippen LogP contribution >= 0.6 is 0 Å². The molecule has 0 aromatic rings. The molecule has 0 aliphatic carbocycles. The van der Waals surface area contributed by atoms with Gasteiger partial charge in [0, 0.05) is 0 Å². The van der Waals surface area contributed by atoms with E-state index in [-0.39, 0.29) is 0 Å². The first-order chi connectivity index (χ1) is 4.18. The maximum atomic E-state index is 5.42. The zero-order valence-electron chi connectivity index (χ0n) is 6.70. The van der Waals surface area contributed by atoms with E-state index in [0.717, 1.165) is 0 Å². The second-order valence-corrected chi connectivity index (χ2v) is 7.43. The fourth-order valence-corrected chi connectivity index (χ4v) is 2.71. The van der Waals surface area contributed by atoms with Crippen molar-refractivity contribution < 1.29 is 0 Å². The third-order valence-electron chi connectivity index (χ3n) is 1.93. The molecule has 0 aliphatic rings. The van der Waals surface area contributed by atoms with E-state index in [4.69, 9.17) is 6.42 Å². The summed E-state index contributed by atoms with van der Waals surface area (Å²) in [5.41, 5.74) is 2.97. The van der Waals surface area contributed by atoms with Crippen LogP contribution in [0.4, 0.5) is 0 Å². The fourth-order valence-electron chi connectivity index (χ4n) is 0.903. The second kappa shape index (κ2) is 3.74. The van der Waals surface area contributed by atoms with Crippen LogP contribution in [0.3, 0.4) is 0 Å². The minimum Gasteiger partial charge on any atom is -0.135 e. The highest BCUT2D eigenvalue weighted by Crippen LogP contribution is 2.14. The molecule has 0 radical (unpaired) electrons. The van der Waals surface area contributed by atoms with Gasteiger partial charge in [0.05, 0.1) is 0 Å². The lowest BCUT2D eigenvalue weighted by Gasteiger charge is -2.16. The number of hydrogen-bond acceptors (Lipinski definition) is 0. The molecule has 52 valence electrons. The summed E-state index contributed by atoms with van der Waals surface area (Å²) in [6.07, 6.45) is 6.67. The molecule has 0 amide bonds. The Hall–Kier alpha value is -0.223. The van der Waals surface area contributed by atoms with E-state index in [0.29, 0.717) is 0 Å². The van der Waals surface area contributed by atoms with E-state index in [2.05, 4.69) is 25.9 Å². The van der Waals surface area contributed by atoms with Gasteiger partial charge < -0.3 is 0 Å². The predicted molar refractivity (Wildman–Crippen MR) is 46.0 cm³/mol. The number of rotatable bonds is 3. The van der Waals surface area contributed by atoms with Crippen LogP contribution in [0.2, 0.25) is 18.6 Å². The zero-order chi connectivity index (χ0) is 7.33. The van der Waals surface area contributed by atoms with Crippen molar-refractivity contribution in [1.82, 2.24) is 0 Å². The fraction of sp³-hybridized carbons (Fsp3) is 0.750. The molecule has 0 aromatic carbocycles. The largest absolute Gasteiger partial charge is 0.135 e. The summed E-state index contributed by atoms with van der Waals surface area (Å²) in [4.78, 5) is 0. The molecule has 0 N–H and O–H groups in total. The van der Waals surface area contributed by atoms with Crippen LogP contribution in [0.15, 0.2) is 0 Å². The van der Waals surface area contributed by atoms with Gasteiger partial charge in [0.25, 0.3) is 0 Å². The minimum atomic E-state index is -1.17. The Balaban J connectivity index is 3.81. The first-order valence-electron chi connectivity index (χ1n) is 3.66. The summed E-state index contributed by atoms with van der Waals surface area (Å²) < 4.78 is 0. The van der Waals surface area contributed by atoms with Crippen LogP contribution in [-0.2, 0) is 0 Å². The zero-order valence-corrected chi connectivity index (χ0v) is 7.70. The van der Waals surface area contributed by atoms with Gasteiger partial charge in [-0.05, 0) is 12.1 Å². The highest BCUT2D eigenvalue weighted by molar-refractivity contribution is 6.86. The summed E-state index contributed by atoms with van der Waals surface area (Å²) in [5.74, 6) is 0. The third-order valence-corrected chi connectivity index (χ3v) is 5.79. The SMILES string of the molecule is C#C[Si](C)(CC)CCC. The summed E-state index contributed by atoms with van der Waals surface area (Å²) in [6.45, 7) is 6.70. The Morgan fingerprint density at radius 3 is 2.11 bits per heavy atom. The Morgan fingerprint density at radius 2 is 2.00 bits per heavy atom. The predicted octanol–water partition coefficient (Wildman–Crippen LogP) is 2.67. The minimum absolute atomic E-state index is 1.17. The summed E-state index contributed by atoms with van der Waals surface area (Å²) >= 11 is 0. The molecule has 0 nitrogen and oxygen atoms in total. The van der Waals surface area contributed by atoms with Gasteiger partial charge >= 0.3 is 0 Å². The average Bonchev–Trinajstić information content (AvgIpc) is 1.89. The third kappa shape index (κ3) is 2.72. The van der Waals surface area contributed by atoms with Crippen molar-refractivity contribution in [2.75, 3.05) is 0 Å². The first-order valence-corrected chi connectivity index (χ1v) is 6.57. The van der Waals surface area contributed by atoms with Crippen molar-refractivity contribution in [3.63, 3.8) is 0 Å². The van der Waals surface area contributed by atoms with Crippen LogP contribution in [-0.4, -0.2) is 8.07 Å². The molecule has 0 aliphatic heterocycles. The molecule has 0 saturated carbocycles. The van der Waals surface area contributed by atoms with E-state index in [1.165, 1.54) is 18.5 Å². The highest BCUT2D eigenvalue weighted by atomic mass is 28.3. The Kier molecular flexibility index (Phi) is 3.64. The van der Waals surface area contributed by atoms with Gasteiger partial charge in [-0.2, -0.15) is 0 Å². The van der Waals surface area contributed by atoms with E-state index < -0.39 is 8.07 Å². The number of hydrogen-bond donors (Lipinski definition) is 0. The van der Waals surface area contributed by atoms with Crippen molar-refractivity contribution in [3.05, 3.63) is 0 Å². The van der Waals surface area contributed by atoms with Gasteiger partial charge in [-0.1, -0.05) is 26.8 Å². The topological polar surface area (TPSA) is 0 Å². The molecule has 0 heterocycles. The molecule has 9 heavy (non-hydrogen) atoms. The lowest BCUT2D eigenvalue weighted by atomic mass is 10.6. The van der Waals surface area contributed by atoms with Crippen molar-refractivity contribution in [3.8, 4) is 12.0 Å². The maximum absolute atomic E-state index is 5.42.